The fraction of sp³-hybridized carbons (Fsp3) is 0.294. The molecule has 3 aromatic rings. The van der Waals surface area contributed by atoms with Gasteiger partial charge in [0.1, 0.15) is 17.0 Å². The third-order valence-corrected chi connectivity index (χ3v) is 4.63. The van der Waals surface area contributed by atoms with E-state index in [1.165, 1.54) is 15.3 Å². The van der Waals surface area contributed by atoms with E-state index >= 15 is 0 Å². The average Bonchev–Trinajstić information content (AvgIpc) is 2.97. The van der Waals surface area contributed by atoms with Crippen LogP contribution in [0.4, 0.5) is 5.82 Å². The maximum absolute atomic E-state index is 4.41. The summed E-state index contributed by atoms with van der Waals surface area (Å²) in [7, 11) is 4.35. The Morgan fingerprint density at radius 2 is 1.95 bits per heavy atom. The summed E-state index contributed by atoms with van der Waals surface area (Å²) in [6.07, 6.45) is 2.77. The molecule has 0 fully saturated rings. The van der Waals surface area contributed by atoms with Crippen LogP contribution in [0.15, 0.2) is 42.7 Å². The number of anilines is 1. The van der Waals surface area contributed by atoms with Gasteiger partial charge in [0, 0.05) is 17.8 Å². The van der Waals surface area contributed by atoms with Gasteiger partial charge in [-0.1, -0.05) is 30.3 Å². The Morgan fingerprint density at radius 1 is 1.14 bits per heavy atom. The van der Waals surface area contributed by atoms with Gasteiger partial charge in [-0.15, -0.1) is 11.3 Å². The minimum absolute atomic E-state index is 0.938. The molecule has 0 aliphatic heterocycles. The quantitative estimate of drug-likeness (QED) is 0.686. The predicted molar refractivity (Wildman–Crippen MR) is 93.6 cm³/mol. The zero-order valence-electron chi connectivity index (χ0n) is 13.0. The van der Waals surface area contributed by atoms with Crippen LogP contribution in [0.5, 0.6) is 0 Å². The van der Waals surface area contributed by atoms with E-state index in [2.05, 4.69) is 59.7 Å². The molecule has 0 radical (unpaired) electrons. The first kappa shape index (κ1) is 14.9. The van der Waals surface area contributed by atoms with Crippen LogP contribution < -0.4 is 10.2 Å². The molecule has 0 aliphatic carbocycles. The number of nitrogens with zero attached hydrogens (tertiary/aromatic N) is 2. The Morgan fingerprint density at radius 3 is 2.73 bits per heavy atom. The summed E-state index contributed by atoms with van der Waals surface area (Å²) in [5.74, 6) is 0.942. The molecule has 0 atom stereocenters. The Balaban J connectivity index is 1.81. The van der Waals surface area contributed by atoms with Crippen molar-refractivity contribution in [3.05, 3.63) is 42.7 Å². The molecule has 0 saturated heterocycles. The van der Waals surface area contributed by atoms with Crippen molar-refractivity contribution >= 4 is 27.4 Å². The third-order valence-electron chi connectivity index (χ3n) is 3.53. The van der Waals surface area contributed by atoms with Crippen molar-refractivity contribution in [3.8, 4) is 10.4 Å². The lowest BCUT2D eigenvalue weighted by molar-refractivity contribution is -0.858. The van der Waals surface area contributed by atoms with Gasteiger partial charge in [0.25, 0.3) is 0 Å². The zero-order chi connectivity index (χ0) is 15.4. The zero-order valence-corrected chi connectivity index (χ0v) is 13.8. The minimum atomic E-state index is 0.938. The van der Waals surface area contributed by atoms with Crippen molar-refractivity contribution in [2.75, 3.05) is 32.5 Å². The van der Waals surface area contributed by atoms with Gasteiger partial charge in [0.05, 0.1) is 26.0 Å². The molecule has 0 bridgehead atoms. The van der Waals surface area contributed by atoms with Gasteiger partial charge in [-0.2, -0.15) is 0 Å². The van der Waals surface area contributed by atoms with E-state index in [4.69, 9.17) is 0 Å². The molecule has 0 amide bonds. The van der Waals surface area contributed by atoms with Gasteiger partial charge < -0.3 is 10.2 Å². The number of rotatable bonds is 6. The van der Waals surface area contributed by atoms with Crippen LogP contribution in [0.25, 0.3) is 20.7 Å². The highest BCUT2D eigenvalue weighted by atomic mass is 32.1. The van der Waals surface area contributed by atoms with E-state index in [1.807, 2.05) is 6.07 Å². The van der Waals surface area contributed by atoms with Gasteiger partial charge >= 0.3 is 0 Å². The van der Waals surface area contributed by atoms with Crippen molar-refractivity contribution in [2.24, 2.45) is 0 Å². The van der Waals surface area contributed by atoms with E-state index in [1.54, 1.807) is 17.7 Å². The number of hydrogen-bond acceptors (Lipinski definition) is 4. The molecule has 1 aromatic carbocycles. The highest BCUT2D eigenvalue weighted by molar-refractivity contribution is 7.21. The van der Waals surface area contributed by atoms with Gasteiger partial charge in [0.15, 0.2) is 0 Å². The molecule has 0 spiro atoms. The van der Waals surface area contributed by atoms with Crippen molar-refractivity contribution in [2.45, 2.75) is 6.42 Å². The second-order valence-corrected chi connectivity index (χ2v) is 6.69. The summed E-state index contributed by atoms with van der Waals surface area (Å²) in [5, 5.41) is 4.56. The molecule has 22 heavy (non-hydrogen) atoms. The number of quaternary nitrogens is 1. The Hall–Kier alpha value is -1.98. The van der Waals surface area contributed by atoms with Crippen LogP contribution in [0, 0.1) is 0 Å². The molecular formula is C17H21N4S+. The maximum Gasteiger partial charge on any atom is 0.138 e. The number of hydrogen-bond donors (Lipinski definition) is 2. The lowest BCUT2D eigenvalue weighted by atomic mass is 10.2. The molecule has 3 rings (SSSR count). The van der Waals surface area contributed by atoms with Gasteiger partial charge in [0.2, 0.25) is 0 Å². The monoisotopic (exact) mass is 313 g/mol. The van der Waals surface area contributed by atoms with Crippen molar-refractivity contribution in [1.29, 1.82) is 0 Å². The fourth-order valence-electron chi connectivity index (χ4n) is 2.39. The van der Waals surface area contributed by atoms with Crippen molar-refractivity contribution in [1.82, 2.24) is 9.97 Å². The smallest absolute Gasteiger partial charge is 0.138 e. The molecule has 114 valence electrons. The highest BCUT2D eigenvalue weighted by Crippen LogP contribution is 2.34. The molecular weight excluding hydrogens is 292 g/mol. The lowest BCUT2D eigenvalue weighted by Gasteiger charge is -2.08. The molecule has 2 heterocycles. The first-order chi connectivity index (χ1) is 10.7. The van der Waals surface area contributed by atoms with Crippen LogP contribution in [-0.2, 0) is 0 Å². The van der Waals surface area contributed by atoms with E-state index < -0.39 is 0 Å². The number of aromatic nitrogens is 2. The molecule has 2 aromatic heterocycles. The van der Waals surface area contributed by atoms with Crippen molar-refractivity contribution < 1.29 is 4.90 Å². The second-order valence-electron chi connectivity index (χ2n) is 5.66. The molecule has 4 nitrogen and oxygen atoms in total. The topological polar surface area (TPSA) is 42.2 Å². The number of thiophene rings is 1. The molecule has 0 aliphatic rings. The van der Waals surface area contributed by atoms with Crippen LogP contribution in [0.2, 0.25) is 0 Å². The van der Waals surface area contributed by atoms with E-state index in [0.29, 0.717) is 0 Å². The first-order valence-electron chi connectivity index (χ1n) is 7.57. The highest BCUT2D eigenvalue weighted by Gasteiger charge is 2.09. The Bertz CT molecular complexity index is 737. The van der Waals surface area contributed by atoms with Crippen LogP contribution in [-0.4, -0.2) is 37.2 Å². The summed E-state index contributed by atoms with van der Waals surface area (Å²) in [5.41, 5.74) is 1.23. The fourth-order valence-corrected chi connectivity index (χ4v) is 3.39. The van der Waals surface area contributed by atoms with Gasteiger partial charge in [-0.05, 0) is 11.6 Å². The summed E-state index contributed by atoms with van der Waals surface area (Å²) in [6.45, 7) is 2.09. The van der Waals surface area contributed by atoms with Crippen LogP contribution >= 0.6 is 11.3 Å². The van der Waals surface area contributed by atoms with E-state index in [0.717, 1.165) is 35.5 Å². The summed E-state index contributed by atoms with van der Waals surface area (Å²) < 4.78 is 0. The van der Waals surface area contributed by atoms with Gasteiger partial charge in [-0.25, -0.2) is 9.97 Å². The van der Waals surface area contributed by atoms with E-state index in [9.17, 15) is 0 Å². The van der Waals surface area contributed by atoms with Gasteiger partial charge in [-0.3, -0.25) is 0 Å². The standard InChI is InChI=1S/C17H20N4S/c1-21(2)10-6-9-18-16-14-11-15(13-7-4-3-5-8-13)22-17(14)20-12-19-16/h3-5,7-8,11-12H,6,9-10H2,1-2H3,(H,18,19,20)/p+1. The number of nitrogens with one attached hydrogen (secondary N) is 2. The molecule has 2 N–H and O–H groups in total. The molecule has 0 saturated carbocycles. The summed E-state index contributed by atoms with van der Waals surface area (Å²) in [4.78, 5) is 12.6. The average molecular weight is 313 g/mol. The maximum atomic E-state index is 4.41. The number of benzene rings is 1. The predicted octanol–water partition coefficient (Wildman–Crippen LogP) is 2.30. The molecule has 0 unspecified atom stereocenters. The van der Waals surface area contributed by atoms with Crippen LogP contribution in [0.1, 0.15) is 6.42 Å². The SMILES string of the molecule is C[NH+](C)CCCNc1ncnc2sc(-c3ccccc3)cc12. The number of fused-ring (bicyclic) bond motifs is 1. The molecule has 5 heteroatoms. The normalized spacial score (nSPS) is 11.2. The van der Waals surface area contributed by atoms with E-state index in [-0.39, 0.29) is 0 Å². The third kappa shape index (κ3) is 3.43. The van der Waals surface area contributed by atoms with Crippen molar-refractivity contribution in [3.63, 3.8) is 0 Å². The first-order valence-corrected chi connectivity index (χ1v) is 8.38. The minimum Gasteiger partial charge on any atom is -0.369 e. The second kappa shape index (κ2) is 6.85. The Labute approximate surface area is 134 Å². The lowest BCUT2D eigenvalue weighted by Crippen LogP contribution is -3.05. The Kier molecular flexibility index (Phi) is 4.65. The van der Waals surface area contributed by atoms with Crippen LogP contribution in [0.3, 0.4) is 0 Å². The summed E-state index contributed by atoms with van der Waals surface area (Å²) in [6, 6.07) is 12.6. The largest absolute Gasteiger partial charge is 0.369 e. The summed E-state index contributed by atoms with van der Waals surface area (Å²) >= 11 is 1.71.